The first-order valence-corrected chi connectivity index (χ1v) is 5.98. The lowest BCUT2D eigenvalue weighted by atomic mass is 9.85. The van der Waals surface area contributed by atoms with Gasteiger partial charge in [-0.2, -0.15) is 5.26 Å². The highest BCUT2D eigenvalue weighted by Gasteiger charge is 2.21. The molecule has 0 bridgehead atoms. The van der Waals surface area contributed by atoms with Crippen LogP contribution in [0.4, 0.5) is 0 Å². The maximum atomic E-state index is 8.76. The molecule has 0 aromatic rings. The zero-order valence-corrected chi connectivity index (χ0v) is 9.83. The highest BCUT2D eigenvalue weighted by atomic mass is 16.5. The maximum absolute atomic E-state index is 8.76. The number of rotatable bonds is 5. The van der Waals surface area contributed by atoms with Gasteiger partial charge in [-0.3, -0.25) is 0 Å². The van der Waals surface area contributed by atoms with E-state index in [1.54, 1.807) is 7.05 Å². The van der Waals surface area contributed by atoms with Crippen LogP contribution in [0, 0.1) is 17.2 Å². The van der Waals surface area contributed by atoms with Crippen LogP contribution in [0.3, 0.4) is 0 Å². The van der Waals surface area contributed by atoms with Crippen LogP contribution >= 0.6 is 0 Å². The molecule has 3 nitrogen and oxygen atoms in total. The largest absolute Gasteiger partial charge is 0.375 e. The molecule has 1 aliphatic rings. The first kappa shape index (κ1) is 12.5. The van der Waals surface area contributed by atoms with E-state index in [4.69, 9.17) is 10.00 Å². The van der Waals surface area contributed by atoms with Gasteiger partial charge in [-0.15, -0.1) is 0 Å². The van der Waals surface area contributed by atoms with E-state index in [2.05, 4.69) is 18.3 Å². The normalized spacial score (nSPS) is 28.3. The lowest BCUT2D eigenvalue weighted by Crippen LogP contribution is -2.32. The first-order chi connectivity index (χ1) is 7.30. The van der Waals surface area contributed by atoms with Gasteiger partial charge in [0.2, 0.25) is 0 Å². The fourth-order valence-corrected chi connectivity index (χ4v) is 2.18. The molecule has 0 amide bonds. The van der Waals surface area contributed by atoms with E-state index in [1.165, 1.54) is 32.1 Å². The van der Waals surface area contributed by atoms with Gasteiger partial charge in [0.1, 0.15) is 6.04 Å². The third kappa shape index (κ3) is 4.19. The zero-order valence-electron chi connectivity index (χ0n) is 9.83. The van der Waals surface area contributed by atoms with Crippen LogP contribution in [-0.4, -0.2) is 25.8 Å². The van der Waals surface area contributed by atoms with Crippen molar-refractivity contribution in [3.05, 3.63) is 0 Å². The van der Waals surface area contributed by atoms with E-state index < -0.39 is 0 Å². The molecule has 1 aliphatic carbocycles. The molecule has 1 rings (SSSR count). The molecule has 86 valence electrons. The van der Waals surface area contributed by atoms with E-state index in [1.807, 2.05) is 0 Å². The van der Waals surface area contributed by atoms with Gasteiger partial charge in [-0.1, -0.05) is 26.2 Å². The summed E-state index contributed by atoms with van der Waals surface area (Å²) in [6.07, 6.45) is 6.61. The van der Waals surface area contributed by atoms with E-state index in [-0.39, 0.29) is 6.04 Å². The summed E-state index contributed by atoms with van der Waals surface area (Å²) in [5.41, 5.74) is 0. The number of likely N-dealkylation sites (N-methyl/N-ethyl adjacent to an activating group) is 1. The molecule has 3 heteroatoms. The van der Waals surface area contributed by atoms with Crippen molar-refractivity contribution in [2.45, 2.75) is 51.2 Å². The Balaban J connectivity index is 2.23. The summed E-state index contributed by atoms with van der Waals surface area (Å²) >= 11 is 0. The highest BCUT2D eigenvalue weighted by Crippen LogP contribution is 2.28. The fraction of sp³-hybridized carbons (Fsp3) is 0.917. The minimum atomic E-state index is -0.160. The van der Waals surface area contributed by atoms with Gasteiger partial charge in [0.25, 0.3) is 0 Å². The molecular weight excluding hydrogens is 188 g/mol. The second-order valence-electron chi connectivity index (χ2n) is 4.37. The quantitative estimate of drug-likeness (QED) is 0.755. The minimum absolute atomic E-state index is 0.160. The monoisotopic (exact) mass is 210 g/mol. The predicted octanol–water partition coefficient (Wildman–Crippen LogP) is 2.08. The second-order valence-corrected chi connectivity index (χ2v) is 4.37. The summed E-state index contributed by atoms with van der Waals surface area (Å²) in [5.74, 6) is 0.832. The Morgan fingerprint density at radius 2 is 2.33 bits per heavy atom. The van der Waals surface area contributed by atoms with Gasteiger partial charge in [0.15, 0.2) is 0 Å². The Labute approximate surface area is 92.8 Å². The van der Waals surface area contributed by atoms with Crippen molar-refractivity contribution in [2.24, 2.45) is 5.92 Å². The number of nitrogens with zero attached hydrogens (tertiary/aromatic N) is 1. The smallest absolute Gasteiger partial charge is 0.119 e. The lowest BCUT2D eigenvalue weighted by molar-refractivity contribution is 0.00820. The Morgan fingerprint density at radius 1 is 1.53 bits per heavy atom. The van der Waals surface area contributed by atoms with E-state index in [0.29, 0.717) is 12.7 Å². The SMILES string of the molecule is CCC1CCCC(OCC(C#N)NC)C1. The van der Waals surface area contributed by atoms with E-state index in [9.17, 15) is 0 Å². The zero-order chi connectivity index (χ0) is 11.1. The van der Waals surface area contributed by atoms with Crippen LogP contribution < -0.4 is 5.32 Å². The average Bonchev–Trinajstić information content (AvgIpc) is 2.31. The lowest BCUT2D eigenvalue weighted by Gasteiger charge is -2.29. The molecule has 1 N–H and O–H groups in total. The number of ether oxygens (including phenoxy) is 1. The summed E-state index contributed by atoms with van der Waals surface area (Å²) in [7, 11) is 1.80. The van der Waals surface area contributed by atoms with Crippen molar-refractivity contribution in [2.75, 3.05) is 13.7 Å². The Kier molecular flexibility index (Phi) is 5.67. The van der Waals surface area contributed by atoms with Crippen molar-refractivity contribution >= 4 is 0 Å². The number of nitrogens with one attached hydrogen (secondary N) is 1. The van der Waals surface area contributed by atoms with Gasteiger partial charge >= 0.3 is 0 Å². The average molecular weight is 210 g/mol. The molecule has 0 saturated heterocycles. The maximum Gasteiger partial charge on any atom is 0.119 e. The van der Waals surface area contributed by atoms with Crippen LogP contribution in [0.15, 0.2) is 0 Å². The van der Waals surface area contributed by atoms with Crippen molar-refractivity contribution in [3.8, 4) is 6.07 Å². The fourth-order valence-electron chi connectivity index (χ4n) is 2.18. The molecule has 0 aromatic carbocycles. The van der Waals surface area contributed by atoms with Crippen LogP contribution in [0.25, 0.3) is 0 Å². The van der Waals surface area contributed by atoms with Crippen molar-refractivity contribution < 1.29 is 4.74 Å². The molecule has 0 aromatic heterocycles. The van der Waals surface area contributed by atoms with Crippen molar-refractivity contribution in [1.29, 1.82) is 5.26 Å². The Hall–Kier alpha value is -0.590. The molecule has 15 heavy (non-hydrogen) atoms. The third-order valence-electron chi connectivity index (χ3n) is 3.31. The van der Waals surface area contributed by atoms with Crippen LogP contribution in [0.5, 0.6) is 0 Å². The minimum Gasteiger partial charge on any atom is -0.375 e. The summed E-state index contributed by atoms with van der Waals surface area (Å²) in [6.45, 7) is 2.77. The molecule has 1 fully saturated rings. The number of hydrogen-bond acceptors (Lipinski definition) is 3. The van der Waals surface area contributed by atoms with Gasteiger partial charge in [0.05, 0.1) is 18.8 Å². The first-order valence-electron chi connectivity index (χ1n) is 5.98. The number of hydrogen-bond donors (Lipinski definition) is 1. The van der Waals surface area contributed by atoms with E-state index >= 15 is 0 Å². The van der Waals surface area contributed by atoms with Gasteiger partial charge in [-0.25, -0.2) is 0 Å². The van der Waals surface area contributed by atoms with Gasteiger partial charge in [-0.05, 0) is 25.8 Å². The molecule has 1 saturated carbocycles. The molecular formula is C12H22N2O. The molecule has 0 aliphatic heterocycles. The Morgan fingerprint density at radius 3 is 2.93 bits per heavy atom. The summed E-state index contributed by atoms with van der Waals surface area (Å²) in [5, 5.41) is 11.7. The molecule has 0 spiro atoms. The predicted molar refractivity (Wildman–Crippen MR) is 60.4 cm³/mol. The summed E-state index contributed by atoms with van der Waals surface area (Å²) in [4.78, 5) is 0. The number of nitriles is 1. The van der Waals surface area contributed by atoms with Gasteiger partial charge < -0.3 is 10.1 Å². The second kappa shape index (κ2) is 6.81. The standard InChI is InChI=1S/C12H22N2O/c1-3-10-5-4-6-12(7-10)15-9-11(8-13)14-2/h10-12,14H,3-7,9H2,1-2H3. The highest BCUT2D eigenvalue weighted by molar-refractivity contribution is 4.88. The molecule has 0 radical (unpaired) electrons. The van der Waals surface area contributed by atoms with Gasteiger partial charge in [0, 0.05) is 0 Å². The van der Waals surface area contributed by atoms with Crippen LogP contribution in [0.2, 0.25) is 0 Å². The van der Waals surface area contributed by atoms with Crippen molar-refractivity contribution in [1.82, 2.24) is 5.32 Å². The summed E-state index contributed by atoms with van der Waals surface area (Å²) < 4.78 is 5.77. The summed E-state index contributed by atoms with van der Waals surface area (Å²) in [6, 6.07) is 2.02. The van der Waals surface area contributed by atoms with Crippen LogP contribution in [-0.2, 0) is 4.74 Å². The van der Waals surface area contributed by atoms with Crippen molar-refractivity contribution in [3.63, 3.8) is 0 Å². The molecule has 3 atom stereocenters. The van der Waals surface area contributed by atoms with Crippen LogP contribution in [0.1, 0.15) is 39.0 Å². The van der Waals surface area contributed by atoms with E-state index in [0.717, 1.165) is 5.92 Å². The molecule has 0 heterocycles. The third-order valence-corrected chi connectivity index (χ3v) is 3.31. The Bertz CT molecular complexity index is 212. The topological polar surface area (TPSA) is 45.0 Å². The molecule has 3 unspecified atom stereocenters.